The number of hydrogen-bond acceptors (Lipinski definition) is 4. The lowest BCUT2D eigenvalue weighted by Gasteiger charge is -2.22. The van der Waals surface area contributed by atoms with Gasteiger partial charge in [-0.1, -0.05) is 6.07 Å². The van der Waals surface area contributed by atoms with Crippen molar-refractivity contribution in [2.75, 3.05) is 6.54 Å². The van der Waals surface area contributed by atoms with E-state index in [1.807, 2.05) is 34.3 Å². The van der Waals surface area contributed by atoms with E-state index in [1.165, 1.54) is 17.4 Å². The van der Waals surface area contributed by atoms with Crippen molar-refractivity contribution < 1.29 is 9.90 Å². The lowest BCUT2D eigenvalue weighted by molar-refractivity contribution is -0.117. The third-order valence-corrected chi connectivity index (χ3v) is 4.21. The molecule has 0 aliphatic carbocycles. The van der Waals surface area contributed by atoms with Gasteiger partial charge in [0, 0.05) is 11.0 Å². The van der Waals surface area contributed by atoms with Crippen LogP contribution in [0.15, 0.2) is 40.4 Å². The summed E-state index contributed by atoms with van der Waals surface area (Å²) in [4.78, 5) is 12.7. The maximum atomic E-state index is 11.7. The Labute approximate surface area is 120 Å². The maximum Gasteiger partial charge on any atom is 0.244 e. The molecule has 100 valence electrons. The van der Waals surface area contributed by atoms with Gasteiger partial charge in [-0.3, -0.25) is 4.79 Å². The normalized spacial score (nSPS) is 14.4. The summed E-state index contributed by atoms with van der Waals surface area (Å²) in [6.07, 6.45) is 3.24. The summed E-state index contributed by atoms with van der Waals surface area (Å²) < 4.78 is 0. The van der Waals surface area contributed by atoms with Gasteiger partial charge in [-0.25, -0.2) is 0 Å². The predicted molar refractivity (Wildman–Crippen MR) is 80.3 cm³/mol. The lowest BCUT2D eigenvalue weighted by Crippen LogP contribution is -2.37. The van der Waals surface area contributed by atoms with Gasteiger partial charge in [-0.05, 0) is 46.8 Å². The van der Waals surface area contributed by atoms with Gasteiger partial charge in [0.15, 0.2) is 0 Å². The maximum absolute atomic E-state index is 11.7. The first-order valence-electron chi connectivity index (χ1n) is 5.82. The average Bonchev–Trinajstić information content (AvgIpc) is 3.06. The largest absolute Gasteiger partial charge is 0.384 e. The summed E-state index contributed by atoms with van der Waals surface area (Å²) >= 11 is 3.10. The number of aliphatic hydroxyl groups is 1. The smallest absolute Gasteiger partial charge is 0.244 e. The van der Waals surface area contributed by atoms with E-state index in [-0.39, 0.29) is 12.5 Å². The minimum atomic E-state index is -1.04. The number of hydrogen-bond donors (Lipinski definition) is 2. The Morgan fingerprint density at radius 2 is 2.32 bits per heavy atom. The van der Waals surface area contributed by atoms with Gasteiger partial charge in [0.1, 0.15) is 5.60 Å². The van der Waals surface area contributed by atoms with Crippen molar-refractivity contribution in [1.29, 1.82) is 0 Å². The molecule has 3 nitrogen and oxygen atoms in total. The first-order chi connectivity index (χ1) is 9.08. The van der Waals surface area contributed by atoms with E-state index >= 15 is 0 Å². The zero-order valence-electron chi connectivity index (χ0n) is 10.5. The SMILES string of the molecule is CC(O)(CNC(=O)C=Cc1cccs1)c1ccsc1. The molecule has 5 heteroatoms. The van der Waals surface area contributed by atoms with Gasteiger partial charge in [-0.15, -0.1) is 11.3 Å². The van der Waals surface area contributed by atoms with E-state index in [4.69, 9.17) is 0 Å². The second kappa shape index (κ2) is 6.14. The van der Waals surface area contributed by atoms with E-state index in [9.17, 15) is 9.90 Å². The van der Waals surface area contributed by atoms with Crippen LogP contribution in [0.5, 0.6) is 0 Å². The molecular formula is C14H15NO2S2. The summed E-state index contributed by atoms with van der Waals surface area (Å²) in [6, 6.07) is 5.73. The molecule has 2 rings (SSSR count). The van der Waals surface area contributed by atoms with Crippen LogP contribution in [0.2, 0.25) is 0 Å². The highest BCUT2D eigenvalue weighted by Crippen LogP contribution is 2.21. The van der Waals surface area contributed by atoms with Crippen LogP contribution in [0.25, 0.3) is 6.08 Å². The molecule has 1 atom stereocenters. The van der Waals surface area contributed by atoms with Gasteiger partial charge < -0.3 is 10.4 Å². The van der Waals surface area contributed by atoms with Crippen LogP contribution in [0.1, 0.15) is 17.4 Å². The van der Waals surface area contributed by atoms with Crippen molar-refractivity contribution in [3.05, 3.63) is 50.9 Å². The molecule has 0 aliphatic heterocycles. The van der Waals surface area contributed by atoms with E-state index in [2.05, 4.69) is 5.32 Å². The van der Waals surface area contributed by atoms with Crippen molar-refractivity contribution in [1.82, 2.24) is 5.32 Å². The van der Waals surface area contributed by atoms with Crippen LogP contribution >= 0.6 is 22.7 Å². The molecule has 1 amide bonds. The Morgan fingerprint density at radius 1 is 1.47 bits per heavy atom. The highest BCUT2D eigenvalue weighted by molar-refractivity contribution is 7.10. The third kappa shape index (κ3) is 4.02. The monoisotopic (exact) mass is 293 g/mol. The summed E-state index contributed by atoms with van der Waals surface area (Å²) in [6.45, 7) is 1.88. The second-order valence-corrected chi connectivity index (χ2v) is 6.11. The van der Waals surface area contributed by atoms with Gasteiger partial charge >= 0.3 is 0 Å². The molecule has 0 aromatic carbocycles. The number of thiophene rings is 2. The van der Waals surface area contributed by atoms with Crippen LogP contribution < -0.4 is 5.32 Å². The van der Waals surface area contributed by atoms with Crippen LogP contribution in [0.4, 0.5) is 0 Å². The molecule has 0 saturated carbocycles. The Morgan fingerprint density at radius 3 is 2.95 bits per heavy atom. The molecule has 2 heterocycles. The van der Waals surface area contributed by atoms with Crippen molar-refractivity contribution >= 4 is 34.7 Å². The predicted octanol–water partition coefficient (Wildman–Crippen LogP) is 2.85. The highest BCUT2D eigenvalue weighted by atomic mass is 32.1. The quantitative estimate of drug-likeness (QED) is 0.833. The summed E-state index contributed by atoms with van der Waals surface area (Å²) in [5.74, 6) is -0.205. The number of amides is 1. The standard InChI is InChI=1S/C14H15NO2S2/c1-14(17,11-6-8-18-9-11)10-15-13(16)5-4-12-3-2-7-19-12/h2-9,17H,10H2,1H3,(H,15,16). The average molecular weight is 293 g/mol. The molecule has 2 aromatic rings. The topological polar surface area (TPSA) is 49.3 Å². The molecule has 2 aromatic heterocycles. The van der Waals surface area contributed by atoms with Gasteiger partial charge in [0.2, 0.25) is 5.91 Å². The van der Waals surface area contributed by atoms with Gasteiger partial charge in [-0.2, -0.15) is 11.3 Å². The Balaban J connectivity index is 1.87. The Hall–Kier alpha value is -1.43. The van der Waals surface area contributed by atoms with E-state index in [0.717, 1.165) is 10.4 Å². The van der Waals surface area contributed by atoms with E-state index in [0.29, 0.717) is 0 Å². The Kier molecular flexibility index (Phi) is 4.52. The lowest BCUT2D eigenvalue weighted by atomic mass is 9.99. The van der Waals surface area contributed by atoms with Crippen molar-refractivity contribution in [3.63, 3.8) is 0 Å². The molecule has 0 aliphatic rings. The number of carbonyl (C=O) groups excluding carboxylic acids is 1. The molecule has 0 radical (unpaired) electrons. The summed E-state index contributed by atoms with van der Waals surface area (Å²) in [5.41, 5.74) is -0.216. The van der Waals surface area contributed by atoms with Crippen molar-refractivity contribution in [3.8, 4) is 0 Å². The van der Waals surface area contributed by atoms with Crippen LogP contribution in [-0.2, 0) is 10.4 Å². The zero-order chi connectivity index (χ0) is 13.7. The summed E-state index contributed by atoms with van der Waals surface area (Å²) in [5, 5.41) is 18.7. The first kappa shape index (κ1) is 14.0. The molecule has 1 unspecified atom stereocenters. The fourth-order valence-corrected chi connectivity index (χ4v) is 2.94. The van der Waals surface area contributed by atoms with Crippen LogP contribution in [0, 0.1) is 0 Å². The van der Waals surface area contributed by atoms with E-state index < -0.39 is 5.60 Å². The summed E-state index contributed by atoms with van der Waals surface area (Å²) in [7, 11) is 0. The fraction of sp³-hybridized carbons (Fsp3) is 0.214. The van der Waals surface area contributed by atoms with Crippen molar-refractivity contribution in [2.45, 2.75) is 12.5 Å². The minimum absolute atomic E-state index is 0.192. The highest BCUT2D eigenvalue weighted by Gasteiger charge is 2.23. The molecule has 0 fully saturated rings. The third-order valence-electron chi connectivity index (χ3n) is 2.69. The fourth-order valence-electron chi connectivity index (χ4n) is 1.54. The molecule has 19 heavy (non-hydrogen) atoms. The van der Waals surface area contributed by atoms with Crippen LogP contribution in [0.3, 0.4) is 0 Å². The number of carbonyl (C=O) groups is 1. The molecule has 0 saturated heterocycles. The molecule has 0 spiro atoms. The molecule has 0 bridgehead atoms. The first-order valence-corrected chi connectivity index (χ1v) is 7.65. The van der Waals surface area contributed by atoms with Crippen molar-refractivity contribution in [2.24, 2.45) is 0 Å². The second-order valence-electron chi connectivity index (χ2n) is 4.35. The van der Waals surface area contributed by atoms with Gasteiger partial charge in [0.25, 0.3) is 0 Å². The number of rotatable bonds is 5. The van der Waals surface area contributed by atoms with Gasteiger partial charge in [0.05, 0.1) is 6.54 Å². The van der Waals surface area contributed by atoms with E-state index in [1.54, 1.807) is 24.3 Å². The van der Waals surface area contributed by atoms with Crippen LogP contribution in [-0.4, -0.2) is 17.6 Å². The Bertz CT molecular complexity index is 542. The molecular weight excluding hydrogens is 278 g/mol. The molecule has 2 N–H and O–H groups in total. The zero-order valence-corrected chi connectivity index (χ0v) is 12.1. The number of nitrogens with one attached hydrogen (secondary N) is 1. The minimum Gasteiger partial charge on any atom is -0.384 e.